The van der Waals surface area contributed by atoms with Crippen LogP contribution in [0.2, 0.25) is 0 Å². The highest BCUT2D eigenvalue weighted by molar-refractivity contribution is 9.10. The van der Waals surface area contributed by atoms with Crippen LogP contribution < -0.4 is 4.90 Å². The van der Waals surface area contributed by atoms with Gasteiger partial charge in [-0.2, -0.15) is 13.2 Å². The van der Waals surface area contributed by atoms with Crippen molar-refractivity contribution in [2.45, 2.75) is 38.9 Å². The third-order valence-electron chi connectivity index (χ3n) is 6.53. The van der Waals surface area contributed by atoms with Crippen molar-refractivity contribution in [3.63, 3.8) is 0 Å². The van der Waals surface area contributed by atoms with E-state index in [1.54, 1.807) is 36.4 Å². The zero-order chi connectivity index (χ0) is 25.8. The first-order valence-corrected chi connectivity index (χ1v) is 12.2. The summed E-state index contributed by atoms with van der Waals surface area (Å²) in [6, 6.07) is 15.2. The summed E-state index contributed by atoms with van der Waals surface area (Å²) in [5, 5.41) is 0. The molecule has 1 aromatic heterocycles. The average Bonchev–Trinajstić information content (AvgIpc) is 3.22. The molecular weight excluding hydrogens is 537 g/mol. The number of hydrogen-bond donors (Lipinski definition) is 0. The number of ketones is 1. The van der Waals surface area contributed by atoms with Crippen molar-refractivity contribution in [2.75, 3.05) is 4.90 Å². The molecule has 186 valence electrons. The molecule has 1 fully saturated rings. The normalized spacial score (nSPS) is 21.3. The van der Waals surface area contributed by atoms with Crippen LogP contribution in [0.4, 0.5) is 24.5 Å². The fraction of sp³-hybridized carbons (Fsp3) is 0.296. The summed E-state index contributed by atoms with van der Waals surface area (Å²) in [5.74, 6) is -2.91. The van der Waals surface area contributed by atoms with Crippen molar-refractivity contribution in [3.05, 3.63) is 70.9 Å². The maximum Gasteiger partial charge on any atom is 0.471 e. The standard InChI is InChI=1S/C27H22BrF3N2O3/c1-26(2)13-18-23(20(34)14-26)24(22-12-11-21(36-22)15-7-9-16(28)10-8-15)33(25(35)27(29,30)31)19-6-4-3-5-17(19)32-18/h3-12,23-24H,13-14H2,1-2H3. The summed E-state index contributed by atoms with van der Waals surface area (Å²) in [6.07, 6.45) is -4.62. The van der Waals surface area contributed by atoms with Crippen molar-refractivity contribution in [3.8, 4) is 11.3 Å². The number of nitrogens with zero attached hydrogens (tertiary/aromatic N) is 2. The second kappa shape index (κ2) is 8.73. The minimum Gasteiger partial charge on any atom is -0.459 e. The van der Waals surface area contributed by atoms with Crippen LogP contribution in [0.5, 0.6) is 0 Å². The van der Waals surface area contributed by atoms with Gasteiger partial charge >= 0.3 is 12.1 Å². The van der Waals surface area contributed by atoms with Gasteiger partial charge in [-0.15, -0.1) is 0 Å². The Morgan fingerprint density at radius 3 is 2.44 bits per heavy atom. The topological polar surface area (TPSA) is 62.9 Å². The largest absolute Gasteiger partial charge is 0.471 e. The highest BCUT2D eigenvalue weighted by Gasteiger charge is 2.53. The van der Waals surface area contributed by atoms with Crippen LogP contribution >= 0.6 is 15.9 Å². The summed E-state index contributed by atoms with van der Waals surface area (Å²) in [4.78, 5) is 31.8. The Morgan fingerprint density at radius 1 is 1.06 bits per heavy atom. The van der Waals surface area contributed by atoms with E-state index in [2.05, 4.69) is 20.9 Å². The van der Waals surface area contributed by atoms with Gasteiger partial charge in [0.05, 0.1) is 17.3 Å². The first-order valence-electron chi connectivity index (χ1n) is 11.4. The van der Waals surface area contributed by atoms with Gasteiger partial charge in [0.2, 0.25) is 0 Å². The molecule has 2 atom stereocenters. The number of furan rings is 1. The molecule has 9 heteroatoms. The number of rotatable bonds is 2. The summed E-state index contributed by atoms with van der Waals surface area (Å²) >= 11 is 3.37. The van der Waals surface area contributed by atoms with E-state index in [0.717, 1.165) is 4.47 Å². The monoisotopic (exact) mass is 558 g/mol. The van der Waals surface area contributed by atoms with Crippen molar-refractivity contribution >= 4 is 44.7 Å². The van der Waals surface area contributed by atoms with Gasteiger partial charge in [-0.25, -0.2) is 0 Å². The van der Waals surface area contributed by atoms with Gasteiger partial charge in [0, 0.05) is 22.2 Å². The Morgan fingerprint density at radius 2 is 1.75 bits per heavy atom. The Hall–Kier alpha value is -3.20. The fourth-order valence-corrected chi connectivity index (χ4v) is 5.32. The lowest BCUT2D eigenvalue weighted by atomic mass is 9.68. The second-order valence-corrected chi connectivity index (χ2v) is 10.8. The van der Waals surface area contributed by atoms with E-state index in [4.69, 9.17) is 4.42 Å². The number of carbonyl (C=O) groups excluding carboxylic acids is 2. The molecular formula is C27H22BrF3N2O3. The van der Waals surface area contributed by atoms with Gasteiger partial charge < -0.3 is 4.42 Å². The number of hydrogen-bond acceptors (Lipinski definition) is 4. The van der Waals surface area contributed by atoms with Crippen LogP contribution in [0.1, 0.15) is 38.5 Å². The predicted molar refractivity (Wildman–Crippen MR) is 133 cm³/mol. The molecule has 5 nitrogen and oxygen atoms in total. The number of carbonyl (C=O) groups is 2. The van der Waals surface area contributed by atoms with Gasteiger partial charge in [0.15, 0.2) is 0 Å². The minimum absolute atomic E-state index is 0.0149. The molecule has 0 spiro atoms. The number of halogens is 4. The molecule has 1 aliphatic carbocycles. The Balaban J connectivity index is 1.72. The van der Waals surface area contributed by atoms with Gasteiger partial charge in [0.25, 0.3) is 0 Å². The lowest BCUT2D eigenvalue weighted by molar-refractivity contribution is -0.171. The van der Waals surface area contributed by atoms with E-state index in [0.29, 0.717) is 28.4 Å². The van der Waals surface area contributed by atoms with E-state index in [1.165, 1.54) is 12.1 Å². The lowest BCUT2D eigenvalue weighted by Crippen LogP contribution is -2.50. The molecule has 1 saturated carbocycles. The Bertz CT molecular complexity index is 1380. The van der Waals surface area contributed by atoms with Crippen molar-refractivity contribution in [1.82, 2.24) is 0 Å². The van der Waals surface area contributed by atoms with E-state index in [9.17, 15) is 22.8 Å². The number of Topliss-reactive ketones (excluding diaryl/α,β-unsaturated/α-hetero) is 1. The highest BCUT2D eigenvalue weighted by atomic mass is 79.9. The van der Waals surface area contributed by atoms with Crippen LogP contribution in [-0.2, 0) is 9.59 Å². The molecule has 0 radical (unpaired) electrons. The molecule has 3 aromatic rings. The molecule has 1 aliphatic heterocycles. The molecule has 2 heterocycles. The first kappa shape index (κ1) is 24.5. The van der Waals surface area contributed by atoms with E-state index < -0.39 is 29.5 Å². The minimum atomic E-state index is -5.17. The number of amides is 1. The van der Waals surface area contributed by atoms with Crippen LogP contribution in [0.3, 0.4) is 0 Å². The van der Waals surface area contributed by atoms with E-state index in [1.807, 2.05) is 26.0 Å². The molecule has 2 aliphatic rings. The molecule has 0 bridgehead atoms. The SMILES string of the molecule is CC1(C)CC(=O)C2C(=Nc3ccccc3N(C(=O)C(F)(F)F)C2c2ccc(-c3ccc(Br)cc3)o2)C1. The Labute approximate surface area is 214 Å². The van der Waals surface area contributed by atoms with Crippen LogP contribution in [0, 0.1) is 11.3 Å². The van der Waals surface area contributed by atoms with Crippen LogP contribution in [0.15, 0.2) is 74.5 Å². The maximum absolute atomic E-state index is 14.0. The van der Waals surface area contributed by atoms with Crippen LogP contribution in [0.25, 0.3) is 11.3 Å². The lowest BCUT2D eigenvalue weighted by Gasteiger charge is -2.39. The summed E-state index contributed by atoms with van der Waals surface area (Å²) in [6.45, 7) is 3.85. The number of benzene rings is 2. The van der Waals surface area contributed by atoms with Gasteiger partial charge in [-0.3, -0.25) is 19.5 Å². The number of anilines is 1. The van der Waals surface area contributed by atoms with Gasteiger partial charge in [-0.1, -0.05) is 54.0 Å². The van der Waals surface area contributed by atoms with Crippen molar-refractivity contribution in [2.24, 2.45) is 16.3 Å². The molecule has 2 aromatic carbocycles. The molecule has 5 rings (SSSR count). The zero-order valence-electron chi connectivity index (χ0n) is 19.5. The quantitative estimate of drug-likeness (QED) is 0.328. The van der Waals surface area contributed by atoms with Gasteiger partial charge in [-0.05, 0) is 48.2 Å². The average molecular weight is 559 g/mol. The molecule has 0 saturated heterocycles. The summed E-state index contributed by atoms with van der Waals surface area (Å²) in [7, 11) is 0. The third kappa shape index (κ3) is 4.40. The Kier molecular flexibility index (Phi) is 5.94. The van der Waals surface area contributed by atoms with Crippen molar-refractivity contribution in [1.29, 1.82) is 0 Å². The number of alkyl halides is 3. The summed E-state index contributed by atoms with van der Waals surface area (Å²) in [5.41, 5.74) is 0.938. The van der Waals surface area contributed by atoms with E-state index in [-0.39, 0.29) is 29.3 Å². The fourth-order valence-electron chi connectivity index (χ4n) is 5.06. The highest BCUT2D eigenvalue weighted by Crippen LogP contribution is 2.49. The zero-order valence-corrected chi connectivity index (χ0v) is 21.1. The number of para-hydroxylation sites is 2. The third-order valence-corrected chi connectivity index (χ3v) is 7.05. The van der Waals surface area contributed by atoms with Gasteiger partial charge in [0.1, 0.15) is 23.3 Å². The number of fused-ring (bicyclic) bond motifs is 2. The molecule has 0 N–H and O–H groups in total. The summed E-state index contributed by atoms with van der Waals surface area (Å²) < 4.78 is 48.8. The molecule has 2 unspecified atom stereocenters. The smallest absolute Gasteiger partial charge is 0.459 e. The van der Waals surface area contributed by atoms with E-state index >= 15 is 0 Å². The molecule has 1 amide bonds. The molecule has 36 heavy (non-hydrogen) atoms. The number of aliphatic imine (C=N–C) groups is 1. The second-order valence-electron chi connectivity index (χ2n) is 9.88. The van der Waals surface area contributed by atoms with Crippen LogP contribution in [-0.4, -0.2) is 23.6 Å². The van der Waals surface area contributed by atoms with Crippen molar-refractivity contribution < 1.29 is 27.2 Å². The predicted octanol–water partition coefficient (Wildman–Crippen LogP) is 7.44. The first-order chi connectivity index (χ1) is 16.9. The maximum atomic E-state index is 14.0.